The van der Waals surface area contributed by atoms with Crippen LogP contribution < -0.4 is 26.8 Å². The van der Waals surface area contributed by atoms with Gasteiger partial charge in [-0.3, -0.25) is 0 Å². The van der Waals surface area contributed by atoms with Crippen LogP contribution in [0.3, 0.4) is 0 Å². The predicted molar refractivity (Wildman–Crippen MR) is 346 cm³/mol. The Morgan fingerprint density at radius 3 is 0.988 bits per heavy atom. The molecule has 10 aromatic rings. The molecule has 2 nitrogen and oxygen atoms in total. The monoisotopic (exact) mass is 1040 g/mol. The van der Waals surface area contributed by atoms with Crippen molar-refractivity contribution in [2.75, 3.05) is 19.0 Å². The SMILES string of the molecule is CN1/C(=C/C=C/C2=[N+](C)c3ccccc3C2(C)C)C(C)(C)c2ccccc21.Cc1ccc(-c2ccc([B-](c3ccc(-c4ccc(C)cc4)cc3)(c3ccc(-c4ccc(C)cc4)cc3)c3ccc(-c4ccc(C)cc4)cc3)cc2)cc1. The fraction of sp³-hybridized carbons (Fsp3) is 0.156. The van der Waals surface area contributed by atoms with Crippen molar-refractivity contribution in [2.24, 2.45) is 0 Å². The first-order valence-electron chi connectivity index (χ1n) is 28.4. The first kappa shape index (κ1) is 53.2. The lowest BCUT2D eigenvalue weighted by Crippen LogP contribution is -2.74. The number of hydrogen-bond acceptors (Lipinski definition) is 1. The van der Waals surface area contributed by atoms with Crippen molar-refractivity contribution in [1.29, 1.82) is 0 Å². The maximum absolute atomic E-state index is 2.37. The molecule has 0 unspecified atom stereocenters. The molecular weight excluding hydrogens is 964 g/mol. The average Bonchev–Trinajstić information content (AvgIpc) is 3.81. The second kappa shape index (κ2) is 21.8. The number of aryl methyl sites for hydroxylation is 4. The largest absolute Gasteiger partial charge is 0.347 e. The summed E-state index contributed by atoms with van der Waals surface area (Å²) in [6, 6.07) is 90.1. The van der Waals surface area contributed by atoms with Crippen molar-refractivity contribution in [3.63, 3.8) is 0 Å². The maximum atomic E-state index is 2.37. The van der Waals surface area contributed by atoms with Crippen molar-refractivity contribution in [1.82, 2.24) is 0 Å². The normalized spacial score (nSPS) is 14.7. The summed E-state index contributed by atoms with van der Waals surface area (Å²) in [7, 11) is 4.34. The van der Waals surface area contributed by atoms with Gasteiger partial charge >= 0.3 is 0 Å². The van der Waals surface area contributed by atoms with E-state index in [0.29, 0.717) is 0 Å². The van der Waals surface area contributed by atoms with E-state index in [-0.39, 0.29) is 10.8 Å². The number of benzene rings is 10. The van der Waals surface area contributed by atoms with Gasteiger partial charge < -0.3 is 4.90 Å². The predicted octanol–water partition coefficient (Wildman–Crippen LogP) is 16.5. The Kier molecular flexibility index (Phi) is 14.5. The van der Waals surface area contributed by atoms with E-state index in [0.717, 1.165) is 0 Å². The summed E-state index contributed by atoms with van der Waals surface area (Å²) in [5, 5.41) is 0. The lowest BCUT2D eigenvalue weighted by atomic mass is 9.13. The minimum atomic E-state index is -1.60. The zero-order valence-electron chi connectivity index (χ0n) is 48.3. The summed E-state index contributed by atoms with van der Waals surface area (Å²) in [4.78, 5) is 2.32. The van der Waals surface area contributed by atoms with E-state index in [9.17, 15) is 0 Å². The Hall–Kier alpha value is -8.79. The fourth-order valence-electron chi connectivity index (χ4n) is 12.8. The number of fused-ring (bicyclic) bond motifs is 2. The molecule has 80 heavy (non-hydrogen) atoms. The van der Waals surface area contributed by atoms with Crippen molar-refractivity contribution in [2.45, 2.75) is 66.2 Å². The summed E-state index contributed by atoms with van der Waals surface area (Å²) in [6.45, 7) is 17.8. The van der Waals surface area contributed by atoms with E-state index in [1.807, 2.05) is 0 Å². The van der Waals surface area contributed by atoms with E-state index in [4.69, 9.17) is 0 Å². The van der Waals surface area contributed by atoms with Gasteiger partial charge in [-0.05, 0) is 104 Å². The van der Waals surface area contributed by atoms with Gasteiger partial charge in [0.25, 0.3) is 0 Å². The van der Waals surface area contributed by atoms with Crippen LogP contribution in [0.25, 0.3) is 44.5 Å². The van der Waals surface area contributed by atoms with Crippen LogP contribution in [0, 0.1) is 27.7 Å². The molecule has 0 spiro atoms. The standard InChI is InChI=1S/C52H44B.C25H29N2/c1-37-5-13-41(14-6-37)45-21-29-49(30-22-45)53(50-31-23-46(24-32-50)42-15-7-38(2)8-16-42,51-33-25-47(26-34-51)43-17-9-39(3)10-18-43)52-35-27-48(28-36-52)44-19-11-40(4)12-20-44;1-24(2)18-12-7-9-14-20(18)26(5)22(24)16-11-17-23-25(3,4)19-13-8-10-15-21(19)27(23)6/h5-36H,1-4H3;7-17H,1-6H3/q-1;+1. The molecule has 12 rings (SSSR count). The minimum Gasteiger partial charge on any atom is -0.347 e. The molecule has 10 aromatic carbocycles. The van der Waals surface area contributed by atoms with Crippen molar-refractivity contribution in [3.8, 4) is 44.5 Å². The molecule has 0 aromatic heterocycles. The Morgan fingerprint density at radius 2 is 0.662 bits per heavy atom. The molecule has 3 heteroatoms. The van der Waals surface area contributed by atoms with E-state index in [1.165, 1.54) is 123 Å². The first-order chi connectivity index (χ1) is 38.6. The average molecular weight is 1040 g/mol. The first-order valence-corrected chi connectivity index (χ1v) is 28.4. The molecule has 0 aliphatic carbocycles. The van der Waals surface area contributed by atoms with E-state index < -0.39 is 6.15 Å². The van der Waals surface area contributed by atoms with Crippen LogP contribution >= 0.6 is 0 Å². The molecule has 0 saturated heterocycles. The molecule has 0 atom stereocenters. The zero-order chi connectivity index (χ0) is 55.8. The van der Waals surface area contributed by atoms with Gasteiger partial charge in [0.15, 0.2) is 5.71 Å². The molecule has 394 valence electrons. The van der Waals surface area contributed by atoms with Crippen LogP contribution in [0.15, 0.2) is 267 Å². The Labute approximate surface area is 476 Å². The highest BCUT2D eigenvalue weighted by molar-refractivity contribution is 7.19. The second-order valence-electron chi connectivity index (χ2n) is 23.5. The number of allylic oxidation sites excluding steroid dienone is 4. The summed E-state index contributed by atoms with van der Waals surface area (Å²) in [5.41, 5.74) is 28.1. The van der Waals surface area contributed by atoms with Gasteiger partial charge in [0.1, 0.15) is 13.2 Å². The Balaban J connectivity index is 0.000000209. The number of anilines is 1. The van der Waals surface area contributed by atoms with Crippen LogP contribution in [0.2, 0.25) is 0 Å². The van der Waals surface area contributed by atoms with Crippen LogP contribution in [0.5, 0.6) is 0 Å². The second-order valence-corrected chi connectivity index (χ2v) is 23.5. The van der Waals surface area contributed by atoms with Crippen molar-refractivity contribution >= 4 is 45.1 Å². The number of para-hydroxylation sites is 2. The molecule has 0 saturated carbocycles. The van der Waals surface area contributed by atoms with Gasteiger partial charge in [-0.1, -0.05) is 273 Å². The number of rotatable bonds is 10. The summed E-state index contributed by atoms with van der Waals surface area (Å²) >= 11 is 0. The molecule has 2 heterocycles. The van der Waals surface area contributed by atoms with Gasteiger partial charge in [-0.25, -0.2) is 0 Å². The molecule has 0 N–H and O–H groups in total. The van der Waals surface area contributed by atoms with Gasteiger partial charge in [0, 0.05) is 41.6 Å². The smallest absolute Gasteiger partial charge is 0.209 e. The quantitative estimate of drug-likeness (QED) is 0.0977. The number of likely N-dealkylation sites (N-methyl/N-ethyl adjacent to an activating group) is 1. The van der Waals surface area contributed by atoms with E-state index in [1.54, 1.807) is 0 Å². The molecule has 0 fully saturated rings. The van der Waals surface area contributed by atoms with Crippen LogP contribution in [0.4, 0.5) is 11.4 Å². The van der Waals surface area contributed by atoms with Gasteiger partial charge in [-0.2, -0.15) is 26.4 Å². The third-order valence-corrected chi connectivity index (χ3v) is 17.6. The third-order valence-electron chi connectivity index (χ3n) is 17.6. The highest BCUT2D eigenvalue weighted by Crippen LogP contribution is 2.47. The lowest BCUT2D eigenvalue weighted by molar-refractivity contribution is -0.401. The Morgan fingerprint density at radius 1 is 0.362 bits per heavy atom. The van der Waals surface area contributed by atoms with Crippen LogP contribution in [-0.2, 0) is 10.8 Å². The number of hydrogen-bond donors (Lipinski definition) is 0. The van der Waals surface area contributed by atoms with Gasteiger partial charge in [-0.15, -0.1) is 0 Å². The summed E-state index contributed by atoms with van der Waals surface area (Å²) in [6.07, 6.45) is 5.18. The van der Waals surface area contributed by atoms with Crippen molar-refractivity contribution < 1.29 is 4.58 Å². The molecule has 0 amide bonds. The number of nitrogens with zero attached hydrogens (tertiary/aromatic N) is 2. The highest BCUT2D eigenvalue weighted by atomic mass is 15.2. The van der Waals surface area contributed by atoms with Gasteiger partial charge in [0.2, 0.25) is 5.69 Å². The van der Waals surface area contributed by atoms with Crippen LogP contribution in [0.1, 0.15) is 61.1 Å². The van der Waals surface area contributed by atoms with Crippen molar-refractivity contribution in [3.05, 3.63) is 300 Å². The summed E-state index contributed by atoms with van der Waals surface area (Å²) in [5.74, 6) is 0. The summed E-state index contributed by atoms with van der Waals surface area (Å²) < 4.78 is 2.32. The van der Waals surface area contributed by atoms with E-state index in [2.05, 4.69) is 340 Å². The highest BCUT2D eigenvalue weighted by Gasteiger charge is 2.43. The molecular formula is C77H73BN2. The third kappa shape index (κ3) is 10.0. The fourth-order valence-corrected chi connectivity index (χ4v) is 12.8. The molecule has 2 aliphatic rings. The maximum Gasteiger partial charge on any atom is 0.209 e. The van der Waals surface area contributed by atoms with Crippen LogP contribution in [-0.4, -0.2) is 30.5 Å². The molecule has 0 radical (unpaired) electrons. The van der Waals surface area contributed by atoms with E-state index >= 15 is 0 Å². The lowest BCUT2D eigenvalue weighted by Gasteiger charge is -2.44. The zero-order valence-corrected chi connectivity index (χ0v) is 48.3. The molecule has 2 aliphatic heterocycles. The Bertz CT molecular complexity index is 3550. The molecule has 0 bridgehead atoms. The van der Waals surface area contributed by atoms with Gasteiger partial charge in [0.05, 0.1) is 5.41 Å². The minimum absolute atomic E-state index is 0.0143. The topological polar surface area (TPSA) is 6.25 Å².